The van der Waals surface area contributed by atoms with E-state index in [2.05, 4.69) is 5.10 Å². The first kappa shape index (κ1) is 13.1. The summed E-state index contributed by atoms with van der Waals surface area (Å²) in [5.41, 5.74) is -1.08. The highest BCUT2D eigenvalue weighted by Crippen LogP contribution is 2.28. The molecule has 94 valence electrons. The predicted molar refractivity (Wildman–Crippen MR) is 66.5 cm³/mol. The standard InChI is InChI=1S/C10H4Cl3FN2O2/c11-4-1-6(14)7(2-8(4)17)16-10(18)9(13)5(12)3-15-16/h1-3,17H. The van der Waals surface area contributed by atoms with E-state index in [0.717, 1.165) is 18.3 Å². The van der Waals surface area contributed by atoms with Crippen LogP contribution < -0.4 is 5.56 Å². The Kier molecular flexibility index (Phi) is 3.47. The zero-order valence-electron chi connectivity index (χ0n) is 8.49. The smallest absolute Gasteiger partial charge is 0.291 e. The summed E-state index contributed by atoms with van der Waals surface area (Å²) in [4.78, 5) is 11.7. The second-order valence-electron chi connectivity index (χ2n) is 3.28. The molecule has 0 fully saturated rings. The van der Waals surface area contributed by atoms with E-state index < -0.39 is 11.4 Å². The minimum Gasteiger partial charge on any atom is -0.506 e. The maximum atomic E-state index is 13.7. The van der Waals surface area contributed by atoms with Crippen LogP contribution in [0.3, 0.4) is 0 Å². The third-order valence-electron chi connectivity index (χ3n) is 2.12. The number of phenols is 1. The topological polar surface area (TPSA) is 55.1 Å². The summed E-state index contributed by atoms with van der Waals surface area (Å²) in [7, 11) is 0. The Labute approximate surface area is 115 Å². The van der Waals surface area contributed by atoms with Crippen LogP contribution in [0.1, 0.15) is 0 Å². The molecule has 18 heavy (non-hydrogen) atoms. The van der Waals surface area contributed by atoms with Crippen LogP contribution in [0, 0.1) is 5.82 Å². The van der Waals surface area contributed by atoms with Crippen LogP contribution in [0.15, 0.2) is 23.1 Å². The van der Waals surface area contributed by atoms with E-state index in [4.69, 9.17) is 34.8 Å². The lowest BCUT2D eigenvalue weighted by atomic mass is 10.3. The Morgan fingerprint density at radius 1 is 1.22 bits per heavy atom. The summed E-state index contributed by atoms with van der Waals surface area (Å²) >= 11 is 16.8. The minimum absolute atomic E-state index is 0.0449. The van der Waals surface area contributed by atoms with Crippen molar-refractivity contribution in [3.63, 3.8) is 0 Å². The van der Waals surface area contributed by atoms with Crippen molar-refractivity contribution in [1.82, 2.24) is 9.78 Å². The highest BCUT2D eigenvalue weighted by atomic mass is 35.5. The lowest BCUT2D eigenvalue weighted by Gasteiger charge is -2.08. The van der Waals surface area contributed by atoms with Crippen LogP contribution in [0.25, 0.3) is 5.69 Å². The van der Waals surface area contributed by atoms with Gasteiger partial charge in [-0.1, -0.05) is 34.8 Å². The molecule has 0 aliphatic heterocycles. The van der Waals surface area contributed by atoms with Gasteiger partial charge in [-0.2, -0.15) is 9.78 Å². The Bertz CT molecular complexity index is 688. The molecule has 0 atom stereocenters. The molecule has 0 spiro atoms. The molecule has 0 radical (unpaired) electrons. The number of phenolic OH excluding ortho intramolecular Hbond substituents is 1. The van der Waals surface area contributed by atoms with Gasteiger partial charge in [0, 0.05) is 6.07 Å². The summed E-state index contributed by atoms with van der Waals surface area (Å²) in [6.45, 7) is 0. The average molecular weight is 310 g/mol. The second kappa shape index (κ2) is 4.76. The van der Waals surface area contributed by atoms with E-state index in [1.807, 2.05) is 0 Å². The number of hydrogen-bond donors (Lipinski definition) is 1. The number of rotatable bonds is 1. The van der Waals surface area contributed by atoms with Crippen LogP contribution in [-0.4, -0.2) is 14.9 Å². The molecule has 0 saturated heterocycles. The maximum absolute atomic E-state index is 13.7. The van der Waals surface area contributed by atoms with Crippen molar-refractivity contribution in [3.8, 4) is 11.4 Å². The summed E-state index contributed by atoms with van der Waals surface area (Å²) in [5.74, 6) is -1.21. The lowest BCUT2D eigenvalue weighted by Crippen LogP contribution is -2.22. The first-order chi connectivity index (χ1) is 8.41. The van der Waals surface area contributed by atoms with E-state index >= 15 is 0 Å². The molecule has 0 unspecified atom stereocenters. The lowest BCUT2D eigenvalue weighted by molar-refractivity contribution is 0.472. The number of aromatic hydroxyl groups is 1. The fraction of sp³-hybridized carbons (Fsp3) is 0. The van der Waals surface area contributed by atoms with Crippen LogP contribution in [-0.2, 0) is 0 Å². The van der Waals surface area contributed by atoms with Gasteiger partial charge in [0.15, 0.2) is 5.82 Å². The first-order valence-corrected chi connectivity index (χ1v) is 5.67. The summed E-state index contributed by atoms with van der Waals surface area (Å²) in [6, 6.07) is 1.83. The van der Waals surface area contributed by atoms with Gasteiger partial charge in [-0.3, -0.25) is 4.79 Å². The summed E-state index contributed by atoms with van der Waals surface area (Å²) in [6.07, 6.45) is 1.09. The number of benzene rings is 1. The van der Waals surface area contributed by atoms with Crippen LogP contribution in [0.2, 0.25) is 15.1 Å². The van der Waals surface area contributed by atoms with Crippen molar-refractivity contribution in [2.24, 2.45) is 0 Å². The SMILES string of the molecule is O=c1c(Cl)c(Cl)cnn1-c1cc(O)c(Cl)cc1F. The van der Waals surface area contributed by atoms with Crippen LogP contribution in [0.4, 0.5) is 4.39 Å². The number of aromatic nitrogens is 2. The van der Waals surface area contributed by atoms with E-state index in [-0.39, 0.29) is 26.5 Å². The Morgan fingerprint density at radius 3 is 2.56 bits per heavy atom. The zero-order valence-corrected chi connectivity index (χ0v) is 10.8. The highest BCUT2D eigenvalue weighted by molar-refractivity contribution is 6.41. The molecule has 1 aromatic carbocycles. The van der Waals surface area contributed by atoms with E-state index in [1.165, 1.54) is 0 Å². The first-order valence-electron chi connectivity index (χ1n) is 4.53. The number of hydrogen-bond acceptors (Lipinski definition) is 3. The largest absolute Gasteiger partial charge is 0.506 e. The van der Waals surface area contributed by atoms with Crippen molar-refractivity contribution < 1.29 is 9.50 Å². The van der Waals surface area contributed by atoms with Crippen LogP contribution >= 0.6 is 34.8 Å². The van der Waals surface area contributed by atoms with Crippen molar-refractivity contribution in [2.45, 2.75) is 0 Å². The molecule has 0 aliphatic carbocycles. The van der Waals surface area contributed by atoms with Gasteiger partial charge < -0.3 is 5.11 Å². The van der Waals surface area contributed by atoms with E-state index in [0.29, 0.717) is 4.68 Å². The Hall–Kier alpha value is -1.30. The van der Waals surface area contributed by atoms with Crippen molar-refractivity contribution in [2.75, 3.05) is 0 Å². The normalized spacial score (nSPS) is 10.7. The minimum atomic E-state index is -0.828. The molecule has 0 bridgehead atoms. The molecule has 0 aliphatic rings. The third-order valence-corrected chi connectivity index (χ3v) is 3.17. The fourth-order valence-electron chi connectivity index (χ4n) is 1.27. The van der Waals surface area contributed by atoms with Crippen molar-refractivity contribution >= 4 is 34.8 Å². The van der Waals surface area contributed by atoms with E-state index in [9.17, 15) is 14.3 Å². The van der Waals surface area contributed by atoms with Gasteiger partial charge in [-0.25, -0.2) is 4.39 Å². The summed E-state index contributed by atoms with van der Waals surface area (Å²) in [5, 5.41) is 12.5. The zero-order chi connectivity index (χ0) is 13.4. The molecule has 0 saturated carbocycles. The molecule has 8 heteroatoms. The second-order valence-corrected chi connectivity index (χ2v) is 4.47. The molecular formula is C10H4Cl3FN2O2. The van der Waals surface area contributed by atoms with Gasteiger partial charge in [0.2, 0.25) is 0 Å². The van der Waals surface area contributed by atoms with Crippen molar-refractivity contribution in [1.29, 1.82) is 0 Å². The van der Waals surface area contributed by atoms with Gasteiger partial charge in [-0.15, -0.1) is 0 Å². The van der Waals surface area contributed by atoms with Gasteiger partial charge in [0.25, 0.3) is 5.56 Å². The highest BCUT2D eigenvalue weighted by Gasteiger charge is 2.15. The summed E-state index contributed by atoms with van der Waals surface area (Å²) < 4.78 is 14.3. The number of halogens is 4. The van der Waals surface area contributed by atoms with Crippen LogP contribution in [0.5, 0.6) is 5.75 Å². The van der Waals surface area contributed by atoms with Gasteiger partial charge in [0.1, 0.15) is 16.5 Å². The molecule has 4 nitrogen and oxygen atoms in total. The molecule has 2 rings (SSSR count). The fourth-order valence-corrected chi connectivity index (χ4v) is 1.68. The van der Waals surface area contributed by atoms with Gasteiger partial charge in [0.05, 0.1) is 16.2 Å². The Morgan fingerprint density at radius 2 is 1.89 bits per heavy atom. The monoisotopic (exact) mass is 308 g/mol. The molecular weight excluding hydrogens is 305 g/mol. The van der Waals surface area contributed by atoms with Crippen molar-refractivity contribution in [3.05, 3.63) is 49.6 Å². The molecule has 0 amide bonds. The molecule has 1 N–H and O–H groups in total. The van der Waals surface area contributed by atoms with Gasteiger partial charge in [-0.05, 0) is 6.07 Å². The number of nitrogens with zero attached hydrogens (tertiary/aromatic N) is 2. The molecule has 2 aromatic rings. The van der Waals surface area contributed by atoms with Gasteiger partial charge >= 0.3 is 0 Å². The quantitative estimate of drug-likeness (QED) is 0.881. The maximum Gasteiger partial charge on any atom is 0.291 e. The Balaban J connectivity index is 2.74. The average Bonchev–Trinajstić information content (AvgIpc) is 2.32. The molecule has 1 heterocycles. The molecule has 1 aromatic heterocycles. The third kappa shape index (κ3) is 2.16. The predicted octanol–water partition coefficient (Wildman–Crippen LogP) is 3.04. The van der Waals surface area contributed by atoms with E-state index in [1.54, 1.807) is 0 Å².